The van der Waals surface area contributed by atoms with E-state index in [-0.39, 0.29) is 11.9 Å². The van der Waals surface area contributed by atoms with Gasteiger partial charge in [0, 0.05) is 13.0 Å². The van der Waals surface area contributed by atoms with E-state index in [1.807, 2.05) is 19.1 Å². The summed E-state index contributed by atoms with van der Waals surface area (Å²) in [6.45, 7) is 3.01. The van der Waals surface area contributed by atoms with Crippen molar-refractivity contribution in [3.8, 4) is 5.75 Å². The molecule has 1 saturated heterocycles. The molecule has 1 fully saturated rings. The normalized spacial score (nSPS) is 28.5. The standard InChI is InChI=1S/C13H19NO3/c1-13(16-9-12(8-14)17-13)7-6-10-2-4-11(15)5-3-10/h2-5,12,15H,6-9,14H2,1H3. The number of phenols is 1. The van der Waals surface area contributed by atoms with Gasteiger partial charge in [0.15, 0.2) is 5.79 Å². The summed E-state index contributed by atoms with van der Waals surface area (Å²) in [5.74, 6) is -0.237. The molecule has 0 saturated carbocycles. The van der Waals surface area contributed by atoms with E-state index < -0.39 is 5.79 Å². The van der Waals surface area contributed by atoms with Gasteiger partial charge in [-0.25, -0.2) is 0 Å². The Bertz CT molecular complexity index is 365. The first-order valence-corrected chi connectivity index (χ1v) is 5.91. The van der Waals surface area contributed by atoms with Gasteiger partial charge in [-0.1, -0.05) is 12.1 Å². The molecule has 4 nitrogen and oxygen atoms in total. The summed E-state index contributed by atoms with van der Waals surface area (Å²) >= 11 is 0. The molecular formula is C13H19NO3. The zero-order chi connectivity index (χ0) is 12.3. The first-order valence-electron chi connectivity index (χ1n) is 5.91. The number of rotatable bonds is 4. The zero-order valence-corrected chi connectivity index (χ0v) is 10.1. The van der Waals surface area contributed by atoms with Crippen molar-refractivity contribution in [1.82, 2.24) is 0 Å². The average Bonchev–Trinajstić information content (AvgIpc) is 2.71. The van der Waals surface area contributed by atoms with Gasteiger partial charge in [0.25, 0.3) is 0 Å². The Hall–Kier alpha value is -1.10. The zero-order valence-electron chi connectivity index (χ0n) is 10.1. The van der Waals surface area contributed by atoms with E-state index in [2.05, 4.69) is 0 Å². The van der Waals surface area contributed by atoms with Crippen LogP contribution >= 0.6 is 0 Å². The minimum absolute atomic E-state index is 0.0137. The second-order valence-corrected chi connectivity index (χ2v) is 4.59. The van der Waals surface area contributed by atoms with E-state index in [0.29, 0.717) is 13.2 Å². The Labute approximate surface area is 101 Å². The highest BCUT2D eigenvalue weighted by atomic mass is 16.7. The van der Waals surface area contributed by atoms with Crippen LogP contribution in [-0.2, 0) is 15.9 Å². The van der Waals surface area contributed by atoms with Gasteiger partial charge in [-0.3, -0.25) is 0 Å². The lowest BCUT2D eigenvalue weighted by molar-refractivity contribution is -0.156. The van der Waals surface area contributed by atoms with Gasteiger partial charge < -0.3 is 20.3 Å². The largest absolute Gasteiger partial charge is 0.508 e. The minimum Gasteiger partial charge on any atom is -0.508 e. The van der Waals surface area contributed by atoms with Crippen molar-refractivity contribution in [2.75, 3.05) is 13.2 Å². The Kier molecular flexibility index (Phi) is 3.66. The quantitative estimate of drug-likeness (QED) is 0.831. The highest BCUT2D eigenvalue weighted by molar-refractivity contribution is 5.25. The van der Waals surface area contributed by atoms with Gasteiger partial charge in [-0.15, -0.1) is 0 Å². The Morgan fingerprint density at radius 2 is 2.12 bits per heavy atom. The van der Waals surface area contributed by atoms with Crippen molar-refractivity contribution in [3.05, 3.63) is 29.8 Å². The third kappa shape index (κ3) is 3.19. The van der Waals surface area contributed by atoms with Crippen LogP contribution in [0.25, 0.3) is 0 Å². The van der Waals surface area contributed by atoms with E-state index in [1.54, 1.807) is 12.1 Å². The lowest BCUT2D eigenvalue weighted by Crippen LogP contribution is -2.29. The van der Waals surface area contributed by atoms with Crippen LogP contribution in [-0.4, -0.2) is 30.1 Å². The molecule has 0 aliphatic carbocycles. The smallest absolute Gasteiger partial charge is 0.166 e. The summed E-state index contributed by atoms with van der Waals surface area (Å²) in [4.78, 5) is 0. The molecule has 0 amide bonds. The lowest BCUT2D eigenvalue weighted by Gasteiger charge is -2.23. The Morgan fingerprint density at radius 1 is 1.41 bits per heavy atom. The average molecular weight is 237 g/mol. The molecule has 1 aromatic rings. The number of nitrogens with two attached hydrogens (primary N) is 1. The van der Waals surface area contributed by atoms with Crippen molar-refractivity contribution in [2.24, 2.45) is 5.73 Å². The Morgan fingerprint density at radius 3 is 2.71 bits per heavy atom. The van der Waals surface area contributed by atoms with Crippen LogP contribution < -0.4 is 5.73 Å². The molecule has 1 aliphatic heterocycles. The molecule has 0 radical (unpaired) electrons. The van der Waals surface area contributed by atoms with E-state index in [4.69, 9.17) is 15.2 Å². The van der Waals surface area contributed by atoms with Crippen LogP contribution in [0.1, 0.15) is 18.9 Å². The maximum Gasteiger partial charge on any atom is 0.166 e. The third-order valence-corrected chi connectivity index (χ3v) is 3.06. The number of benzene rings is 1. The summed E-state index contributed by atoms with van der Waals surface area (Å²) in [6, 6.07) is 7.20. The molecule has 17 heavy (non-hydrogen) atoms. The molecule has 1 aromatic carbocycles. The number of hydrogen-bond donors (Lipinski definition) is 2. The van der Waals surface area contributed by atoms with Gasteiger partial charge in [0.05, 0.1) is 12.7 Å². The lowest BCUT2D eigenvalue weighted by atomic mass is 10.1. The van der Waals surface area contributed by atoms with E-state index >= 15 is 0 Å². The van der Waals surface area contributed by atoms with Gasteiger partial charge in [0.2, 0.25) is 0 Å². The maximum absolute atomic E-state index is 9.19. The molecule has 4 heteroatoms. The predicted octanol–water partition coefficient (Wildman–Crippen LogP) is 1.42. The molecule has 1 heterocycles. The fourth-order valence-corrected chi connectivity index (χ4v) is 1.97. The predicted molar refractivity (Wildman–Crippen MR) is 64.7 cm³/mol. The molecule has 3 N–H and O–H groups in total. The molecule has 2 rings (SSSR count). The molecule has 2 unspecified atom stereocenters. The molecule has 0 aromatic heterocycles. The molecule has 0 spiro atoms. The minimum atomic E-state index is -0.526. The molecule has 1 aliphatic rings. The van der Waals surface area contributed by atoms with Crippen LogP contribution in [0.4, 0.5) is 0 Å². The topological polar surface area (TPSA) is 64.7 Å². The maximum atomic E-state index is 9.19. The SMILES string of the molecule is CC1(CCc2ccc(O)cc2)OCC(CN)O1. The fourth-order valence-electron chi connectivity index (χ4n) is 1.97. The number of ether oxygens (including phenoxy) is 2. The monoisotopic (exact) mass is 237 g/mol. The summed E-state index contributed by atoms with van der Waals surface area (Å²) < 4.78 is 11.4. The van der Waals surface area contributed by atoms with E-state index in [1.165, 1.54) is 0 Å². The van der Waals surface area contributed by atoms with Crippen molar-refractivity contribution in [1.29, 1.82) is 0 Å². The molecule has 2 atom stereocenters. The number of aromatic hydroxyl groups is 1. The number of phenolic OH excluding ortho intramolecular Hbond substituents is 1. The summed E-state index contributed by atoms with van der Waals surface area (Å²) in [7, 11) is 0. The first-order chi connectivity index (χ1) is 8.11. The first kappa shape index (κ1) is 12.4. The van der Waals surface area contributed by atoms with Crippen LogP contribution in [0.15, 0.2) is 24.3 Å². The number of hydrogen-bond acceptors (Lipinski definition) is 4. The molecule has 94 valence electrons. The highest BCUT2D eigenvalue weighted by Crippen LogP contribution is 2.28. The fraction of sp³-hybridized carbons (Fsp3) is 0.538. The third-order valence-electron chi connectivity index (χ3n) is 3.06. The van der Waals surface area contributed by atoms with Crippen LogP contribution in [0, 0.1) is 0 Å². The summed E-state index contributed by atoms with van der Waals surface area (Å²) in [5.41, 5.74) is 6.71. The van der Waals surface area contributed by atoms with Crippen LogP contribution in [0.2, 0.25) is 0 Å². The molecule has 0 bridgehead atoms. The van der Waals surface area contributed by atoms with Crippen LogP contribution in [0.3, 0.4) is 0 Å². The van der Waals surface area contributed by atoms with Gasteiger partial charge >= 0.3 is 0 Å². The van der Waals surface area contributed by atoms with Crippen molar-refractivity contribution in [2.45, 2.75) is 31.7 Å². The molecular weight excluding hydrogens is 218 g/mol. The summed E-state index contributed by atoms with van der Waals surface area (Å²) in [5, 5.41) is 9.19. The van der Waals surface area contributed by atoms with Crippen molar-refractivity contribution < 1.29 is 14.6 Å². The van der Waals surface area contributed by atoms with Crippen molar-refractivity contribution in [3.63, 3.8) is 0 Å². The van der Waals surface area contributed by atoms with Crippen molar-refractivity contribution >= 4 is 0 Å². The highest BCUT2D eigenvalue weighted by Gasteiger charge is 2.35. The number of aryl methyl sites for hydroxylation is 1. The van der Waals surface area contributed by atoms with Gasteiger partial charge in [0.1, 0.15) is 5.75 Å². The summed E-state index contributed by atoms with van der Waals surface area (Å²) in [6.07, 6.45) is 1.65. The second-order valence-electron chi connectivity index (χ2n) is 4.59. The van der Waals surface area contributed by atoms with Gasteiger partial charge in [-0.2, -0.15) is 0 Å². The second kappa shape index (κ2) is 5.04. The Balaban J connectivity index is 1.88. The van der Waals surface area contributed by atoms with E-state index in [9.17, 15) is 5.11 Å². The van der Waals surface area contributed by atoms with E-state index in [0.717, 1.165) is 18.4 Å². The van der Waals surface area contributed by atoms with Crippen LogP contribution in [0.5, 0.6) is 5.75 Å². The van der Waals surface area contributed by atoms with Gasteiger partial charge in [-0.05, 0) is 31.0 Å².